The first-order chi connectivity index (χ1) is 5.69. The lowest BCUT2D eigenvalue weighted by molar-refractivity contribution is 0.238. The Morgan fingerprint density at radius 2 is 1.25 bits per heavy atom. The van der Waals surface area contributed by atoms with Gasteiger partial charge in [0.2, 0.25) is 0 Å². The summed E-state index contributed by atoms with van der Waals surface area (Å²) in [5.74, 6) is 1.90. The fourth-order valence-corrected chi connectivity index (χ4v) is 3.65. The largest absolute Gasteiger partial charge is 0.0878 e. The van der Waals surface area contributed by atoms with Crippen molar-refractivity contribution in [2.24, 2.45) is 11.8 Å². The summed E-state index contributed by atoms with van der Waals surface area (Å²) in [5, 5.41) is 0. The van der Waals surface area contributed by atoms with Crippen LogP contribution in [0.25, 0.3) is 0 Å². The zero-order chi connectivity index (χ0) is 9.14. The normalized spacial score (nSPS) is 43.0. The molecule has 1 saturated carbocycles. The highest BCUT2D eigenvalue weighted by molar-refractivity contribution is 9.12. The van der Waals surface area contributed by atoms with E-state index in [0.717, 1.165) is 11.8 Å². The highest BCUT2D eigenvalue weighted by Gasteiger charge is 2.32. The predicted molar refractivity (Wildman–Crippen MR) is 62.2 cm³/mol. The fourth-order valence-electron chi connectivity index (χ4n) is 2.26. The SMILES string of the molecule is CCC1CC(Br)C(Br)CC1CC. The molecule has 1 rings (SSSR count). The molecule has 0 nitrogen and oxygen atoms in total. The minimum Gasteiger partial charge on any atom is -0.0878 e. The third-order valence-electron chi connectivity index (χ3n) is 3.16. The predicted octanol–water partition coefficient (Wildman–Crippen LogP) is 4.36. The van der Waals surface area contributed by atoms with E-state index in [4.69, 9.17) is 0 Å². The standard InChI is InChI=1S/C10H18Br2/c1-3-7-5-9(11)10(12)6-8(7)4-2/h7-10H,3-6H2,1-2H3. The minimum absolute atomic E-state index is 0.699. The molecule has 1 aliphatic carbocycles. The lowest BCUT2D eigenvalue weighted by atomic mass is 9.76. The second-order valence-electron chi connectivity index (χ2n) is 3.84. The third-order valence-corrected chi connectivity index (χ3v) is 5.90. The van der Waals surface area contributed by atoms with Gasteiger partial charge in [-0.15, -0.1) is 0 Å². The molecule has 12 heavy (non-hydrogen) atoms. The zero-order valence-corrected chi connectivity index (χ0v) is 11.1. The summed E-state index contributed by atoms with van der Waals surface area (Å²) in [4.78, 5) is 1.40. The van der Waals surface area contributed by atoms with Crippen LogP contribution in [0.15, 0.2) is 0 Å². The Morgan fingerprint density at radius 1 is 0.917 bits per heavy atom. The Balaban J connectivity index is 2.52. The molecule has 0 N–H and O–H groups in total. The van der Waals surface area contributed by atoms with E-state index in [1.54, 1.807) is 0 Å². The molecule has 72 valence electrons. The number of alkyl halides is 2. The van der Waals surface area contributed by atoms with Gasteiger partial charge in [0.1, 0.15) is 0 Å². The zero-order valence-electron chi connectivity index (χ0n) is 7.89. The van der Waals surface area contributed by atoms with Crippen molar-refractivity contribution in [2.75, 3.05) is 0 Å². The molecule has 0 spiro atoms. The molecule has 0 amide bonds. The third kappa shape index (κ3) is 2.47. The molecule has 2 heteroatoms. The van der Waals surface area contributed by atoms with Crippen LogP contribution in [0.4, 0.5) is 0 Å². The summed E-state index contributed by atoms with van der Waals surface area (Å²) in [6.07, 6.45) is 5.40. The number of halogens is 2. The maximum Gasteiger partial charge on any atom is 0.0273 e. The van der Waals surface area contributed by atoms with Gasteiger partial charge >= 0.3 is 0 Å². The van der Waals surface area contributed by atoms with E-state index in [1.807, 2.05) is 0 Å². The van der Waals surface area contributed by atoms with Crippen LogP contribution in [0.1, 0.15) is 39.5 Å². The van der Waals surface area contributed by atoms with Crippen LogP contribution in [-0.2, 0) is 0 Å². The second-order valence-corrected chi connectivity index (χ2v) is 6.19. The van der Waals surface area contributed by atoms with E-state index in [2.05, 4.69) is 45.7 Å². The smallest absolute Gasteiger partial charge is 0.0273 e. The molecule has 0 heterocycles. The molecule has 0 aromatic heterocycles. The summed E-state index contributed by atoms with van der Waals surface area (Å²) in [6, 6.07) is 0. The van der Waals surface area contributed by atoms with Gasteiger partial charge in [-0.05, 0) is 24.7 Å². The van der Waals surface area contributed by atoms with Crippen LogP contribution < -0.4 is 0 Å². The molecule has 0 aromatic rings. The lowest BCUT2D eigenvalue weighted by Crippen LogP contribution is -2.32. The molecule has 1 fully saturated rings. The van der Waals surface area contributed by atoms with Crippen LogP contribution in [-0.4, -0.2) is 9.65 Å². The Bertz CT molecular complexity index is 120. The summed E-state index contributed by atoms with van der Waals surface area (Å²) in [7, 11) is 0. The highest BCUT2D eigenvalue weighted by atomic mass is 79.9. The molecular formula is C10H18Br2. The van der Waals surface area contributed by atoms with Crippen molar-refractivity contribution in [1.82, 2.24) is 0 Å². The van der Waals surface area contributed by atoms with Crippen molar-refractivity contribution in [3.63, 3.8) is 0 Å². The van der Waals surface area contributed by atoms with Crippen molar-refractivity contribution in [2.45, 2.75) is 49.2 Å². The van der Waals surface area contributed by atoms with E-state index in [0.29, 0.717) is 9.65 Å². The second kappa shape index (κ2) is 4.99. The Labute approximate surface area is 92.8 Å². The van der Waals surface area contributed by atoms with E-state index >= 15 is 0 Å². The van der Waals surface area contributed by atoms with Gasteiger partial charge in [-0.25, -0.2) is 0 Å². The maximum atomic E-state index is 3.74. The van der Waals surface area contributed by atoms with Gasteiger partial charge in [0, 0.05) is 9.65 Å². The topological polar surface area (TPSA) is 0 Å². The first kappa shape index (κ1) is 11.0. The van der Waals surface area contributed by atoms with Gasteiger partial charge in [0.15, 0.2) is 0 Å². The van der Waals surface area contributed by atoms with Crippen molar-refractivity contribution in [3.05, 3.63) is 0 Å². The molecule has 4 unspecified atom stereocenters. The number of hydrogen-bond acceptors (Lipinski definition) is 0. The van der Waals surface area contributed by atoms with Crippen LogP contribution >= 0.6 is 31.9 Å². The van der Waals surface area contributed by atoms with Crippen LogP contribution in [0, 0.1) is 11.8 Å². The molecule has 0 saturated heterocycles. The van der Waals surface area contributed by atoms with Gasteiger partial charge in [-0.1, -0.05) is 58.5 Å². The summed E-state index contributed by atoms with van der Waals surface area (Å²) >= 11 is 7.49. The molecule has 0 aliphatic heterocycles. The summed E-state index contributed by atoms with van der Waals surface area (Å²) < 4.78 is 0. The van der Waals surface area contributed by atoms with E-state index in [-0.39, 0.29) is 0 Å². The van der Waals surface area contributed by atoms with Gasteiger partial charge in [-0.2, -0.15) is 0 Å². The highest BCUT2D eigenvalue weighted by Crippen LogP contribution is 2.40. The van der Waals surface area contributed by atoms with Crippen LogP contribution in [0.5, 0.6) is 0 Å². The quantitative estimate of drug-likeness (QED) is 0.664. The maximum absolute atomic E-state index is 3.74. The van der Waals surface area contributed by atoms with Crippen molar-refractivity contribution in [3.8, 4) is 0 Å². The molecule has 1 aliphatic rings. The van der Waals surface area contributed by atoms with E-state index in [9.17, 15) is 0 Å². The average Bonchev–Trinajstić information content (AvgIpc) is 2.09. The van der Waals surface area contributed by atoms with Crippen molar-refractivity contribution < 1.29 is 0 Å². The van der Waals surface area contributed by atoms with Gasteiger partial charge < -0.3 is 0 Å². The molecular weight excluding hydrogens is 280 g/mol. The van der Waals surface area contributed by atoms with Crippen LogP contribution in [0.3, 0.4) is 0 Å². The first-order valence-corrected chi connectivity index (χ1v) is 6.80. The van der Waals surface area contributed by atoms with Crippen molar-refractivity contribution >= 4 is 31.9 Å². The molecule has 4 atom stereocenters. The Morgan fingerprint density at radius 3 is 1.50 bits per heavy atom. The number of rotatable bonds is 2. The Hall–Kier alpha value is 0.960. The molecule has 0 aromatic carbocycles. The van der Waals surface area contributed by atoms with Crippen molar-refractivity contribution in [1.29, 1.82) is 0 Å². The Kier molecular flexibility index (Phi) is 4.59. The van der Waals surface area contributed by atoms with E-state index < -0.39 is 0 Å². The van der Waals surface area contributed by atoms with Gasteiger partial charge in [0.05, 0.1) is 0 Å². The van der Waals surface area contributed by atoms with Gasteiger partial charge in [-0.3, -0.25) is 0 Å². The monoisotopic (exact) mass is 296 g/mol. The average molecular weight is 298 g/mol. The van der Waals surface area contributed by atoms with Crippen LogP contribution in [0.2, 0.25) is 0 Å². The van der Waals surface area contributed by atoms with E-state index in [1.165, 1.54) is 25.7 Å². The molecule has 0 bridgehead atoms. The lowest BCUT2D eigenvalue weighted by Gasteiger charge is -2.36. The molecule has 0 radical (unpaired) electrons. The minimum atomic E-state index is 0.699. The van der Waals surface area contributed by atoms with Gasteiger partial charge in [0.25, 0.3) is 0 Å². The fraction of sp³-hybridized carbons (Fsp3) is 1.00. The summed E-state index contributed by atoms with van der Waals surface area (Å²) in [6.45, 7) is 4.64. The summed E-state index contributed by atoms with van der Waals surface area (Å²) in [5.41, 5.74) is 0. The number of hydrogen-bond donors (Lipinski definition) is 0. The first-order valence-electron chi connectivity index (χ1n) is 4.97.